The van der Waals surface area contributed by atoms with Crippen LogP contribution in [0.2, 0.25) is 0 Å². The number of methoxy groups -OCH3 is 2. The zero-order valence-electron chi connectivity index (χ0n) is 32.4. The summed E-state index contributed by atoms with van der Waals surface area (Å²) < 4.78 is 42.9. The number of aromatic hydroxyl groups is 1. The Morgan fingerprint density at radius 3 is 2.65 bits per heavy atom. The fourth-order valence-electron chi connectivity index (χ4n) is 10.1. The molecule has 4 bridgehead atoms. The number of esters is 2. The summed E-state index contributed by atoms with van der Waals surface area (Å²) in [7, 11) is 3.10. The van der Waals surface area contributed by atoms with Crippen LogP contribution in [-0.4, -0.2) is 86.6 Å². The second kappa shape index (κ2) is 14.1. The molecule has 3 aromatic rings. The number of nitriles is 1. The highest BCUT2D eigenvalue weighted by molar-refractivity contribution is 7.99. The largest absolute Gasteiger partial charge is 0.504 e. The molecule has 298 valence electrons. The highest BCUT2D eigenvalue weighted by Gasteiger charge is 2.60. The molecule has 7 aliphatic rings. The van der Waals surface area contributed by atoms with E-state index in [1.54, 1.807) is 25.3 Å². The second-order valence-electron chi connectivity index (χ2n) is 15.2. The van der Waals surface area contributed by atoms with Crippen molar-refractivity contribution in [3.05, 3.63) is 75.4 Å². The van der Waals surface area contributed by atoms with Gasteiger partial charge in [0, 0.05) is 53.6 Å². The molecule has 1 unspecified atom stereocenters. The number of ether oxygens (including phenoxy) is 7. The van der Waals surface area contributed by atoms with Gasteiger partial charge in [0.25, 0.3) is 0 Å². The highest BCUT2D eigenvalue weighted by Crippen LogP contribution is 2.63. The second-order valence-corrected chi connectivity index (χ2v) is 16.4. The normalized spacial score (nSPS) is 27.8. The number of piperazine rings is 1. The maximum absolute atomic E-state index is 14.8. The summed E-state index contributed by atoms with van der Waals surface area (Å²) in [6.45, 7) is 9.57. The summed E-state index contributed by atoms with van der Waals surface area (Å²) in [6.07, 6.45) is 2.79. The lowest BCUT2D eigenvalue weighted by Gasteiger charge is -2.59. The van der Waals surface area contributed by atoms with Crippen LogP contribution < -0.4 is 39.1 Å². The number of phenolic OH excluding ortho intramolecular Hbond substituents is 1. The predicted molar refractivity (Wildman–Crippen MR) is 207 cm³/mol. The van der Waals surface area contributed by atoms with Crippen LogP contribution in [-0.2, 0) is 32.7 Å². The molecule has 0 saturated carbocycles. The van der Waals surface area contributed by atoms with Crippen LogP contribution in [0, 0.1) is 25.2 Å². The van der Waals surface area contributed by atoms with Crippen molar-refractivity contribution in [2.24, 2.45) is 0 Å². The van der Waals surface area contributed by atoms with E-state index in [1.165, 1.54) is 25.8 Å². The van der Waals surface area contributed by atoms with E-state index in [0.29, 0.717) is 70.4 Å². The molecule has 14 nitrogen and oxygen atoms in total. The Balaban J connectivity index is 1.32. The number of nitrogens with one attached hydrogen (secondary N) is 2. The third kappa shape index (κ3) is 5.48. The smallest absolute Gasteiger partial charge is 0.331 e. The molecule has 2 fully saturated rings. The number of fused-ring (bicyclic) bond motifs is 9. The first-order valence-electron chi connectivity index (χ1n) is 19.0. The molecule has 1 spiro atoms. The lowest BCUT2D eigenvalue weighted by molar-refractivity contribution is -0.155. The lowest BCUT2D eigenvalue weighted by Crippen LogP contribution is -2.69. The van der Waals surface area contributed by atoms with Crippen LogP contribution >= 0.6 is 11.8 Å². The fourth-order valence-corrected chi connectivity index (χ4v) is 11.8. The van der Waals surface area contributed by atoms with Crippen molar-refractivity contribution in [3.8, 4) is 46.3 Å². The minimum atomic E-state index is -1.35. The van der Waals surface area contributed by atoms with Gasteiger partial charge in [0.05, 0.1) is 37.6 Å². The first-order valence-corrected chi connectivity index (χ1v) is 20.1. The Bertz CT molecular complexity index is 2280. The zero-order valence-corrected chi connectivity index (χ0v) is 33.2. The van der Waals surface area contributed by atoms with Crippen LogP contribution in [0.4, 0.5) is 0 Å². The van der Waals surface area contributed by atoms with E-state index >= 15 is 0 Å². The molecule has 57 heavy (non-hydrogen) atoms. The van der Waals surface area contributed by atoms with Crippen molar-refractivity contribution in [1.29, 1.82) is 5.26 Å². The van der Waals surface area contributed by atoms with Crippen LogP contribution in [0.5, 0.6) is 40.2 Å². The van der Waals surface area contributed by atoms with E-state index in [1.807, 2.05) is 13.8 Å². The first-order chi connectivity index (χ1) is 27.6. The summed E-state index contributed by atoms with van der Waals surface area (Å²) in [5.41, 5.74) is 4.94. The molecule has 0 amide bonds. The molecule has 10 rings (SSSR count). The minimum Gasteiger partial charge on any atom is -0.504 e. The van der Waals surface area contributed by atoms with E-state index in [-0.39, 0.29) is 43.3 Å². The van der Waals surface area contributed by atoms with Gasteiger partial charge in [-0.1, -0.05) is 18.7 Å². The zero-order chi connectivity index (χ0) is 39.9. The average molecular weight is 797 g/mol. The van der Waals surface area contributed by atoms with Gasteiger partial charge in [-0.2, -0.15) is 5.26 Å². The van der Waals surface area contributed by atoms with Crippen molar-refractivity contribution < 1.29 is 47.9 Å². The summed E-state index contributed by atoms with van der Waals surface area (Å²) in [6, 6.07) is 5.48. The lowest BCUT2D eigenvalue weighted by atomic mass is 9.72. The van der Waals surface area contributed by atoms with Crippen LogP contribution in [0.25, 0.3) is 0 Å². The van der Waals surface area contributed by atoms with Gasteiger partial charge in [0.2, 0.25) is 6.79 Å². The van der Waals surface area contributed by atoms with Gasteiger partial charge in [0.1, 0.15) is 25.0 Å². The number of aryl methyl sites for hydroxylation is 1. The number of carbonyl (C=O) groups is 2. The summed E-state index contributed by atoms with van der Waals surface area (Å²) in [4.78, 5) is 30.0. The molecule has 7 atom stereocenters. The van der Waals surface area contributed by atoms with E-state index in [9.17, 15) is 20.0 Å². The van der Waals surface area contributed by atoms with Crippen LogP contribution in [0.15, 0.2) is 30.9 Å². The quantitative estimate of drug-likeness (QED) is 0.181. The van der Waals surface area contributed by atoms with Crippen molar-refractivity contribution in [2.45, 2.75) is 74.6 Å². The highest BCUT2D eigenvalue weighted by atomic mass is 32.2. The molecule has 3 N–H and O–H groups in total. The molecular weight excluding hydrogens is 753 g/mol. The monoisotopic (exact) mass is 796 g/mol. The number of benzene rings is 3. The Kier molecular flexibility index (Phi) is 9.23. The van der Waals surface area contributed by atoms with Gasteiger partial charge < -0.3 is 43.6 Å². The Morgan fingerprint density at radius 1 is 1.11 bits per heavy atom. The molecule has 2 saturated heterocycles. The molecular formula is C42H44N4O10S. The van der Waals surface area contributed by atoms with Crippen LogP contribution in [0.3, 0.4) is 0 Å². The number of thioether (sulfide) groups is 1. The summed E-state index contributed by atoms with van der Waals surface area (Å²) in [5.74, 6) is 1.86. The van der Waals surface area contributed by atoms with Crippen molar-refractivity contribution in [3.63, 3.8) is 0 Å². The Labute approximate surface area is 334 Å². The van der Waals surface area contributed by atoms with Gasteiger partial charge in [-0.05, 0) is 61.1 Å². The number of nitrogens with zero attached hydrogens (tertiary/aromatic N) is 2. The Morgan fingerprint density at radius 2 is 1.91 bits per heavy atom. The molecule has 3 aromatic carbocycles. The molecule has 0 aliphatic carbocycles. The van der Waals surface area contributed by atoms with Gasteiger partial charge in [-0.3, -0.25) is 15.0 Å². The van der Waals surface area contributed by atoms with Gasteiger partial charge in [-0.15, -0.1) is 11.8 Å². The van der Waals surface area contributed by atoms with Crippen molar-refractivity contribution >= 4 is 23.7 Å². The molecule has 7 heterocycles. The number of carbonyl (C=O) groups excluding carboxylic acids is 2. The topological polar surface area (TPSA) is 170 Å². The van der Waals surface area contributed by atoms with Gasteiger partial charge in [0.15, 0.2) is 40.0 Å². The third-order valence-corrected chi connectivity index (χ3v) is 13.7. The van der Waals surface area contributed by atoms with E-state index in [2.05, 4.69) is 34.2 Å². The SMILES string of the molecule is C=CCOc1c(OC)c(C)cc2c1[C@H]1N[C@@H](C2)[C@H](C#N)N2C1[C@@H]1SC[C@]3(NCCc4cc(O)c(OC)cc43)C(=O)OC[C@H]2c2c3c(c(C)c(OC(C)=O)c21)OCO3. The summed E-state index contributed by atoms with van der Waals surface area (Å²) in [5, 5.41) is 28.8. The molecule has 0 radical (unpaired) electrons. The van der Waals surface area contributed by atoms with Crippen molar-refractivity contribution in [2.75, 3.05) is 46.5 Å². The first kappa shape index (κ1) is 37.4. The van der Waals surface area contributed by atoms with Crippen LogP contribution in [0.1, 0.15) is 68.8 Å². The Hall–Kier alpha value is -5.14. The molecule has 0 aromatic heterocycles. The molecule has 15 heteroatoms. The predicted octanol–water partition coefficient (Wildman–Crippen LogP) is 4.50. The number of rotatable bonds is 6. The van der Waals surface area contributed by atoms with E-state index in [4.69, 9.17) is 33.2 Å². The minimum absolute atomic E-state index is 0.0168. The standard InChI is InChI=1S/C42H44N4O10S/c1-7-10-52-38-30-23(11-19(2)35(38)51-6)12-25-26(15-43)46-27-16-53-41(49)42(24-14-29(50-5)28(48)13-22(24)8-9-44-42)17-57-40(34(46)33(30)45-25)32-31(27)39-37(54-18-55-39)20(3)36(32)56-21(4)47/h7,11,13-14,25-27,33-34,40,44-45,48H,1,8-10,12,16-18H2,2-6H3/t25-,26-,27-,33+,34?,40+,42+/m0/s1. The number of hydrogen-bond donors (Lipinski definition) is 3. The molecule has 7 aliphatic heterocycles. The van der Waals surface area contributed by atoms with Gasteiger partial charge in [-0.25, -0.2) is 4.79 Å². The summed E-state index contributed by atoms with van der Waals surface area (Å²) >= 11 is 1.51. The average Bonchev–Trinajstić information content (AvgIpc) is 3.69. The van der Waals surface area contributed by atoms with Gasteiger partial charge >= 0.3 is 11.9 Å². The van der Waals surface area contributed by atoms with E-state index < -0.39 is 46.9 Å². The number of hydrogen-bond acceptors (Lipinski definition) is 15. The number of phenols is 1. The maximum Gasteiger partial charge on any atom is 0.331 e. The van der Waals surface area contributed by atoms with Crippen molar-refractivity contribution in [1.82, 2.24) is 15.5 Å². The maximum atomic E-state index is 14.8. The van der Waals surface area contributed by atoms with E-state index in [0.717, 1.165) is 22.3 Å². The fraction of sp³-hybridized carbons (Fsp3) is 0.452. The third-order valence-electron chi connectivity index (χ3n) is 12.3.